The Morgan fingerprint density at radius 2 is 1.59 bits per heavy atom. The summed E-state index contributed by atoms with van der Waals surface area (Å²) in [5, 5.41) is 0.465. The second-order valence-corrected chi connectivity index (χ2v) is 4.31. The Bertz CT molecular complexity index is 576. The zero-order valence-corrected chi connectivity index (χ0v) is 12.9. The fraction of sp³-hybridized carbons (Fsp3) is 0.267. The van der Waals surface area contributed by atoms with Crippen molar-refractivity contribution >= 4 is 29.5 Å². The Balaban J connectivity index is 2.94. The molecule has 0 aliphatic heterocycles. The topological polar surface area (TPSA) is 78.9 Å². The van der Waals surface area contributed by atoms with Gasteiger partial charge in [0.25, 0.3) is 0 Å². The van der Waals surface area contributed by atoms with Crippen molar-refractivity contribution in [1.82, 2.24) is 0 Å². The van der Waals surface area contributed by atoms with Gasteiger partial charge in [0.15, 0.2) is 5.57 Å². The minimum Gasteiger partial charge on any atom is -0.463 e. The summed E-state index contributed by atoms with van der Waals surface area (Å²) >= 11 is 5.72. The summed E-state index contributed by atoms with van der Waals surface area (Å²) in [6.45, 7) is 3.33. The third kappa shape index (κ3) is 5.57. The Kier molecular flexibility index (Phi) is 7.12. The van der Waals surface area contributed by atoms with Crippen LogP contribution in [0.25, 0.3) is 0 Å². The Morgan fingerprint density at radius 1 is 1.00 bits per heavy atom. The van der Waals surface area contributed by atoms with Crippen LogP contribution < -0.4 is 4.74 Å². The van der Waals surface area contributed by atoms with Crippen molar-refractivity contribution in [2.75, 3.05) is 13.2 Å². The zero-order chi connectivity index (χ0) is 16.5. The summed E-state index contributed by atoms with van der Waals surface area (Å²) < 4.78 is 14.4. The van der Waals surface area contributed by atoms with Crippen LogP contribution in [0, 0.1) is 0 Å². The van der Waals surface area contributed by atoms with Gasteiger partial charge in [0.1, 0.15) is 5.75 Å². The maximum Gasteiger partial charge on any atom is 0.351 e. The minimum atomic E-state index is -1.02. The van der Waals surface area contributed by atoms with E-state index in [1.165, 1.54) is 24.3 Å². The lowest BCUT2D eigenvalue weighted by atomic mass is 10.2. The number of halogens is 1. The van der Waals surface area contributed by atoms with Crippen LogP contribution >= 0.6 is 11.6 Å². The summed E-state index contributed by atoms with van der Waals surface area (Å²) in [7, 11) is 0. The molecule has 0 amide bonds. The van der Waals surface area contributed by atoms with E-state index in [-0.39, 0.29) is 19.0 Å². The predicted octanol–water partition coefficient (Wildman–Crippen LogP) is 2.30. The SMILES string of the molecule is CCOC(=O)/C=C(\C(=O)OCC)C(=O)Oc1ccc(Cl)cc1. The van der Waals surface area contributed by atoms with Gasteiger partial charge in [-0.25, -0.2) is 14.4 Å². The van der Waals surface area contributed by atoms with Crippen molar-refractivity contribution in [2.45, 2.75) is 13.8 Å². The number of carbonyl (C=O) groups is 3. The number of esters is 3. The van der Waals surface area contributed by atoms with Crippen LogP contribution in [0.15, 0.2) is 35.9 Å². The highest BCUT2D eigenvalue weighted by Crippen LogP contribution is 2.17. The summed E-state index contributed by atoms with van der Waals surface area (Å²) in [5.74, 6) is -2.64. The van der Waals surface area contributed by atoms with Gasteiger partial charge in [0.05, 0.1) is 13.2 Å². The first-order chi connectivity index (χ1) is 10.5. The van der Waals surface area contributed by atoms with E-state index in [9.17, 15) is 14.4 Å². The van der Waals surface area contributed by atoms with Gasteiger partial charge in [-0.3, -0.25) is 0 Å². The molecule has 0 aliphatic carbocycles. The van der Waals surface area contributed by atoms with Gasteiger partial charge in [0.2, 0.25) is 0 Å². The summed E-state index contributed by atoms with van der Waals surface area (Å²) in [5.41, 5.74) is -0.546. The Morgan fingerprint density at radius 3 is 2.14 bits per heavy atom. The highest BCUT2D eigenvalue weighted by atomic mass is 35.5. The van der Waals surface area contributed by atoms with Gasteiger partial charge in [-0.1, -0.05) is 11.6 Å². The molecular formula is C15H15ClO6. The number of rotatable bonds is 6. The lowest BCUT2D eigenvalue weighted by Gasteiger charge is -2.07. The molecule has 0 saturated heterocycles. The van der Waals surface area contributed by atoms with Gasteiger partial charge in [-0.2, -0.15) is 0 Å². The molecular weight excluding hydrogens is 312 g/mol. The molecule has 6 nitrogen and oxygen atoms in total. The Labute approximate surface area is 132 Å². The van der Waals surface area contributed by atoms with Gasteiger partial charge in [-0.05, 0) is 38.1 Å². The maximum atomic E-state index is 12.0. The van der Waals surface area contributed by atoms with E-state index in [1.54, 1.807) is 13.8 Å². The van der Waals surface area contributed by atoms with Crippen molar-refractivity contribution in [3.05, 3.63) is 40.9 Å². The third-order valence-corrected chi connectivity index (χ3v) is 2.54. The molecule has 0 unspecified atom stereocenters. The highest BCUT2D eigenvalue weighted by molar-refractivity contribution is 6.30. The molecule has 1 rings (SSSR count). The van der Waals surface area contributed by atoms with Gasteiger partial charge in [-0.15, -0.1) is 0 Å². The van der Waals surface area contributed by atoms with E-state index in [2.05, 4.69) is 4.74 Å². The van der Waals surface area contributed by atoms with Crippen LogP contribution in [-0.2, 0) is 23.9 Å². The monoisotopic (exact) mass is 326 g/mol. The van der Waals surface area contributed by atoms with Crippen LogP contribution in [0.3, 0.4) is 0 Å². The first-order valence-electron chi connectivity index (χ1n) is 6.51. The van der Waals surface area contributed by atoms with Crippen molar-refractivity contribution in [3.8, 4) is 5.75 Å². The molecule has 0 radical (unpaired) electrons. The maximum absolute atomic E-state index is 12.0. The van der Waals surface area contributed by atoms with Crippen molar-refractivity contribution in [2.24, 2.45) is 0 Å². The smallest absolute Gasteiger partial charge is 0.351 e. The van der Waals surface area contributed by atoms with Crippen molar-refractivity contribution in [1.29, 1.82) is 0 Å². The van der Waals surface area contributed by atoms with E-state index in [0.717, 1.165) is 6.08 Å². The molecule has 7 heteroatoms. The first-order valence-corrected chi connectivity index (χ1v) is 6.89. The third-order valence-electron chi connectivity index (χ3n) is 2.29. The normalized spacial score (nSPS) is 10.8. The van der Waals surface area contributed by atoms with Crippen molar-refractivity contribution in [3.63, 3.8) is 0 Å². The first kappa shape index (κ1) is 17.7. The molecule has 118 valence electrons. The van der Waals surface area contributed by atoms with E-state index in [4.69, 9.17) is 21.1 Å². The fourth-order valence-electron chi connectivity index (χ4n) is 1.38. The predicted molar refractivity (Wildman–Crippen MR) is 78.4 cm³/mol. The molecule has 1 aromatic rings. The molecule has 0 N–H and O–H groups in total. The van der Waals surface area contributed by atoms with Gasteiger partial charge in [0, 0.05) is 11.1 Å². The quantitative estimate of drug-likeness (QED) is 0.262. The lowest BCUT2D eigenvalue weighted by molar-refractivity contribution is -0.145. The molecule has 0 fully saturated rings. The number of ether oxygens (including phenoxy) is 3. The van der Waals surface area contributed by atoms with Gasteiger partial charge < -0.3 is 14.2 Å². The molecule has 0 saturated carbocycles. The summed E-state index contributed by atoms with van der Waals surface area (Å²) in [6, 6.07) is 5.94. The molecule has 0 spiro atoms. The number of hydrogen-bond acceptors (Lipinski definition) is 6. The fourth-order valence-corrected chi connectivity index (χ4v) is 1.50. The molecule has 22 heavy (non-hydrogen) atoms. The van der Waals surface area contributed by atoms with Gasteiger partial charge >= 0.3 is 17.9 Å². The Hall–Kier alpha value is -2.34. The summed E-state index contributed by atoms with van der Waals surface area (Å²) in [4.78, 5) is 35.2. The summed E-state index contributed by atoms with van der Waals surface area (Å²) in [6.07, 6.45) is 0.750. The van der Waals surface area contributed by atoms with Crippen LogP contribution in [0.5, 0.6) is 5.75 Å². The van der Waals surface area contributed by atoms with E-state index >= 15 is 0 Å². The van der Waals surface area contributed by atoms with Crippen LogP contribution in [-0.4, -0.2) is 31.1 Å². The number of carbonyl (C=O) groups excluding carboxylic acids is 3. The molecule has 0 bridgehead atoms. The van der Waals surface area contributed by atoms with Crippen LogP contribution in [0.1, 0.15) is 13.8 Å². The number of hydrogen-bond donors (Lipinski definition) is 0. The van der Waals surface area contributed by atoms with Crippen LogP contribution in [0.2, 0.25) is 5.02 Å². The second kappa shape index (κ2) is 8.84. The lowest BCUT2D eigenvalue weighted by Crippen LogP contribution is -2.22. The van der Waals surface area contributed by atoms with E-state index in [0.29, 0.717) is 5.02 Å². The second-order valence-electron chi connectivity index (χ2n) is 3.87. The highest BCUT2D eigenvalue weighted by Gasteiger charge is 2.23. The van der Waals surface area contributed by atoms with Crippen molar-refractivity contribution < 1.29 is 28.6 Å². The number of benzene rings is 1. The molecule has 0 aliphatic rings. The largest absolute Gasteiger partial charge is 0.463 e. The van der Waals surface area contributed by atoms with E-state index < -0.39 is 23.5 Å². The molecule has 1 aromatic carbocycles. The molecule has 0 heterocycles. The molecule has 0 aromatic heterocycles. The average molecular weight is 327 g/mol. The van der Waals surface area contributed by atoms with Crippen LogP contribution in [0.4, 0.5) is 0 Å². The zero-order valence-electron chi connectivity index (χ0n) is 12.1. The minimum absolute atomic E-state index is 0.0488. The standard InChI is InChI=1S/C15H15ClO6/c1-3-20-13(17)9-12(14(18)21-4-2)15(19)22-11-7-5-10(16)6-8-11/h5-9H,3-4H2,1-2H3/b12-9+. The average Bonchev–Trinajstić information content (AvgIpc) is 2.47. The molecule has 0 atom stereocenters. The van der Waals surface area contributed by atoms with E-state index in [1.807, 2.05) is 0 Å².